The number of nitrogens with zero attached hydrogens (tertiary/aromatic N) is 1. The number of hydrogen-bond donors (Lipinski definition) is 1. The van der Waals surface area contributed by atoms with Crippen LogP contribution >= 0.6 is 40.1 Å². The highest BCUT2D eigenvalue weighted by Gasteiger charge is 2.29. The van der Waals surface area contributed by atoms with Crippen molar-refractivity contribution in [3.8, 4) is 0 Å². The monoisotopic (exact) mass is 362 g/mol. The van der Waals surface area contributed by atoms with Gasteiger partial charge in [-0.15, -0.1) is 24.2 Å². The number of thioether (sulfide) groups is 1. The molecule has 1 aromatic rings. The van der Waals surface area contributed by atoms with E-state index in [1.54, 1.807) is 11.8 Å². The zero-order valence-electron chi connectivity index (χ0n) is 10.4. The van der Waals surface area contributed by atoms with Crippen LogP contribution in [0.25, 0.3) is 0 Å². The third-order valence-electron chi connectivity index (χ3n) is 3.53. The van der Waals surface area contributed by atoms with Crippen molar-refractivity contribution in [1.29, 1.82) is 0 Å². The van der Waals surface area contributed by atoms with Crippen LogP contribution in [0.2, 0.25) is 0 Å². The highest BCUT2D eigenvalue weighted by atomic mass is 79.9. The predicted octanol–water partition coefficient (Wildman–Crippen LogP) is 2.42. The third kappa shape index (κ3) is 3.10. The molecule has 104 valence electrons. The lowest BCUT2D eigenvalue weighted by atomic mass is 9.99. The van der Waals surface area contributed by atoms with Crippen molar-refractivity contribution in [3.05, 3.63) is 33.8 Å². The van der Waals surface area contributed by atoms with Crippen molar-refractivity contribution in [2.45, 2.75) is 19.0 Å². The minimum atomic E-state index is 0. The van der Waals surface area contributed by atoms with E-state index in [9.17, 15) is 4.79 Å². The van der Waals surface area contributed by atoms with Crippen LogP contribution in [0.3, 0.4) is 0 Å². The molecule has 2 aliphatic heterocycles. The van der Waals surface area contributed by atoms with Gasteiger partial charge in [0.1, 0.15) is 0 Å². The Morgan fingerprint density at radius 1 is 1.47 bits per heavy atom. The summed E-state index contributed by atoms with van der Waals surface area (Å²) in [7, 11) is 0. The van der Waals surface area contributed by atoms with Gasteiger partial charge in [0.2, 0.25) is 5.91 Å². The number of carbonyl (C=O) groups excluding carboxylic acids is 1. The Hall–Kier alpha value is -0.230. The fraction of sp³-hybridized carbons (Fsp3) is 0.462. The number of amides is 1. The van der Waals surface area contributed by atoms with Crippen molar-refractivity contribution in [3.63, 3.8) is 0 Å². The van der Waals surface area contributed by atoms with Gasteiger partial charge < -0.3 is 4.90 Å². The molecule has 0 radical (unpaired) electrons. The van der Waals surface area contributed by atoms with Gasteiger partial charge in [0, 0.05) is 29.2 Å². The van der Waals surface area contributed by atoms with Crippen LogP contribution in [0, 0.1) is 0 Å². The maximum Gasteiger partial charge on any atom is 0.240 e. The number of carbonyl (C=O) groups is 1. The molecule has 2 aliphatic rings. The standard InChI is InChI=1S/C13H15BrN2OS.ClH/c14-11-3-1-2-9-6-16(5-4-10(9)11)13(17)12-7-18-8-15-12;/h1-3,12,15H,4-8H2;1H. The van der Waals surface area contributed by atoms with Crippen molar-refractivity contribution < 1.29 is 4.79 Å². The Labute approximate surface area is 132 Å². The van der Waals surface area contributed by atoms with E-state index in [1.165, 1.54) is 15.6 Å². The van der Waals surface area contributed by atoms with E-state index in [-0.39, 0.29) is 24.4 Å². The largest absolute Gasteiger partial charge is 0.337 e. The third-order valence-corrected chi connectivity index (χ3v) is 5.22. The minimum absolute atomic E-state index is 0. The fourth-order valence-corrected chi connectivity index (χ4v) is 4.06. The van der Waals surface area contributed by atoms with Crippen molar-refractivity contribution in [2.75, 3.05) is 18.2 Å². The Bertz CT molecular complexity index is 480. The molecule has 1 atom stereocenters. The first-order valence-electron chi connectivity index (χ1n) is 6.12. The Morgan fingerprint density at radius 3 is 3.05 bits per heavy atom. The minimum Gasteiger partial charge on any atom is -0.337 e. The quantitative estimate of drug-likeness (QED) is 0.832. The second kappa shape index (κ2) is 6.48. The van der Waals surface area contributed by atoms with E-state index in [1.807, 2.05) is 11.0 Å². The molecule has 0 spiro atoms. The van der Waals surface area contributed by atoms with Gasteiger partial charge in [-0.05, 0) is 23.6 Å². The van der Waals surface area contributed by atoms with Crippen LogP contribution in [0.15, 0.2) is 22.7 Å². The smallest absolute Gasteiger partial charge is 0.240 e. The maximum atomic E-state index is 12.3. The summed E-state index contributed by atoms with van der Waals surface area (Å²) in [5.41, 5.74) is 2.63. The van der Waals surface area contributed by atoms with E-state index < -0.39 is 0 Å². The molecule has 0 bridgehead atoms. The topological polar surface area (TPSA) is 32.3 Å². The Morgan fingerprint density at radius 2 is 2.32 bits per heavy atom. The molecule has 3 nitrogen and oxygen atoms in total. The van der Waals surface area contributed by atoms with Gasteiger partial charge in [-0.25, -0.2) is 0 Å². The summed E-state index contributed by atoms with van der Waals surface area (Å²) in [5.74, 6) is 2.05. The van der Waals surface area contributed by atoms with Crippen LogP contribution in [-0.2, 0) is 17.8 Å². The average Bonchev–Trinajstić information content (AvgIpc) is 2.91. The van der Waals surface area contributed by atoms with E-state index >= 15 is 0 Å². The van der Waals surface area contributed by atoms with Gasteiger partial charge >= 0.3 is 0 Å². The molecule has 6 heteroatoms. The summed E-state index contributed by atoms with van der Waals surface area (Å²) >= 11 is 5.38. The fourth-order valence-electron chi connectivity index (χ4n) is 2.53. The van der Waals surface area contributed by atoms with Gasteiger partial charge in [0.25, 0.3) is 0 Å². The predicted molar refractivity (Wildman–Crippen MR) is 84.8 cm³/mol. The van der Waals surface area contributed by atoms with E-state index in [2.05, 4.69) is 33.4 Å². The summed E-state index contributed by atoms with van der Waals surface area (Å²) in [6, 6.07) is 6.26. The van der Waals surface area contributed by atoms with Crippen LogP contribution in [0.4, 0.5) is 0 Å². The molecule has 1 fully saturated rings. The molecule has 19 heavy (non-hydrogen) atoms. The molecule has 2 heterocycles. The van der Waals surface area contributed by atoms with Crippen molar-refractivity contribution >= 4 is 46.0 Å². The van der Waals surface area contributed by atoms with E-state index in [4.69, 9.17) is 0 Å². The lowest BCUT2D eigenvalue weighted by Gasteiger charge is -2.31. The number of rotatable bonds is 1. The van der Waals surface area contributed by atoms with Crippen LogP contribution < -0.4 is 5.32 Å². The summed E-state index contributed by atoms with van der Waals surface area (Å²) in [5, 5.41) is 3.25. The summed E-state index contributed by atoms with van der Waals surface area (Å²) in [4.78, 5) is 14.3. The first kappa shape index (κ1) is 15.2. The SMILES string of the molecule is Cl.O=C(C1CSCN1)N1CCc2c(Br)cccc2C1. The molecule has 3 rings (SSSR count). The van der Waals surface area contributed by atoms with Crippen LogP contribution in [0.5, 0.6) is 0 Å². The summed E-state index contributed by atoms with van der Waals surface area (Å²) in [6.45, 7) is 1.58. The molecule has 0 saturated carbocycles. The molecular weight excluding hydrogens is 348 g/mol. The van der Waals surface area contributed by atoms with Crippen LogP contribution in [-0.4, -0.2) is 35.0 Å². The highest BCUT2D eigenvalue weighted by Crippen LogP contribution is 2.27. The number of halogens is 2. The van der Waals surface area contributed by atoms with Gasteiger partial charge in [-0.3, -0.25) is 10.1 Å². The van der Waals surface area contributed by atoms with Gasteiger partial charge in [-0.1, -0.05) is 28.1 Å². The normalized spacial score (nSPS) is 21.7. The van der Waals surface area contributed by atoms with Gasteiger partial charge in [0.05, 0.1) is 6.04 Å². The van der Waals surface area contributed by atoms with E-state index in [0.717, 1.165) is 31.1 Å². The molecule has 0 aromatic heterocycles. The maximum absolute atomic E-state index is 12.3. The first-order chi connectivity index (χ1) is 8.75. The first-order valence-corrected chi connectivity index (χ1v) is 8.06. The molecule has 1 aromatic carbocycles. The Balaban J connectivity index is 0.00000133. The lowest BCUT2D eigenvalue weighted by Crippen LogP contribution is -2.46. The summed E-state index contributed by atoms with van der Waals surface area (Å²) < 4.78 is 1.17. The van der Waals surface area contributed by atoms with Crippen LogP contribution in [0.1, 0.15) is 11.1 Å². The number of fused-ring (bicyclic) bond motifs is 1. The molecular formula is C13H16BrClN2OS. The zero-order valence-corrected chi connectivity index (χ0v) is 13.6. The molecule has 1 unspecified atom stereocenters. The molecule has 1 N–H and O–H groups in total. The average molecular weight is 364 g/mol. The molecule has 0 aliphatic carbocycles. The summed E-state index contributed by atoms with van der Waals surface area (Å²) in [6.07, 6.45) is 0.947. The van der Waals surface area contributed by atoms with Crippen molar-refractivity contribution in [1.82, 2.24) is 10.2 Å². The number of hydrogen-bond acceptors (Lipinski definition) is 3. The van der Waals surface area contributed by atoms with Crippen molar-refractivity contribution in [2.24, 2.45) is 0 Å². The molecule has 1 saturated heterocycles. The lowest BCUT2D eigenvalue weighted by molar-refractivity contribution is -0.133. The highest BCUT2D eigenvalue weighted by molar-refractivity contribution is 9.10. The van der Waals surface area contributed by atoms with Gasteiger partial charge in [-0.2, -0.15) is 0 Å². The molecule has 1 amide bonds. The van der Waals surface area contributed by atoms with E-state index in [0.29, 0.717) is 0 Å². The second-order valence-corrected chi connectivity index (χ2v) is 6.54. The Kier molecular flexibility index (Phi) is 5.17. The number of benzene rings is 1. The number of nitrogens with one attached hydrogen (secondary N) is 1. The van der Waals surface area contributed by atoms with Gasteiger partial charge in [0.15, 0.2) is 0 Å². The second-order valence-electron chi connectivity index (χ2n) is 4.66. The zero-order chi connectivity index (χ0) is 12.5.